The number of halogens is 1. The summed E-state index contributed by atoms with van der Waals surface area (Å²) in [6.07, 6.45) is 4.98. The average molecular weight is 439 g/mol. The molecule has 1 atom stereocenters. The van der Waals surface area contributed by atoms with Crippen LogP contribution in [0, 0.1) is 6.92 Å². The number of nitrogens with zero attached hydrogens (tertiary/aromatic N) is 3. The molecule has 3 aliphatic heterocycles. The normalized spacial score (nSPS) is 22.6. The van der Waals surface area contributed by atoms with E-state index in [1.165, 1.54) is 0 Å². The number of amides is 2. The minimum absolute atomic E-state index is 0. The lowest BCUT2D eigenvalue weighted by atomic mass is 10.0. The lowest BCUT2D eigenvalue weighted by Crippen LogP contribution is -2.51. The van der Waals surface area contributed by atoms with E-state index in [9.17, 15) is 14.4 Å². The van der Waals surface area contributed by atoms with Crippen LogP contribution in [0.5, 0.6) is 0 Å². The zero-order chi connectivity index (χ0) is 20.4. The molecule has 3 aliphatic rings. The molecule has 4 heterocycles. The quantitative estimate of drug-likeness (QED) is 0.760. The summed E-state index contributed by atoms with van der Waals surface area (Å²) in [6, 6.07) is 1.48. The number of hydrogen-bond acceptors (Lipinski definition) is 5. The molecule has 3 fully saturated rings. The van der Waals surface area contributed by atoms with Gasteiger partial charge < -0.3 is 24.4 Å². The molecule has 166 valence electrons. The van der Waals surface area contributed by atoms with Crippen molar-refractivity contribution in [1.82, 2.24) is 19.7 Å². The Morgan fingerprint density at radius 1 is 1.10 bits per heavy atom. The Bertz CT molecular complexity index is 831. The molecule has 0 saturated carbocycles. The van der Waals surface area contributed by atoms with Crippen molar-refractivity contribution in [3.63, 3.8) is 0 Å². The number of ether oxygens (including phenoxy) is 1. The molecule has 8 nitrogen and oxygen atoms in total. The SMILES string of the molecule is Cc1ccn(C2CCNCC2)c(=O)c1C(=O)N1CCC[C@H]1C(=O)N1CCOCC1.Cl. The van der Waals surface area contributed by atoms with E-state index in [-0.39, 0.29) is 41.4 Å². The van der Waals surface area contributed by atoms with Gasteiger partial charge in [0.15, 0.2) is 0 Å². The molecule has 0 aromatic carbocycles. The molecule has 30 heavy (non-hydrogen) atoms. The van der Waals surface area contributed by atoms with Crippen LogP contribution in [0.15, 0.2) is 17.1 Å². The van der Waals surface area contributed by atoms with Crippen LogP contribution in [0.2, 0.25) is 0 Å². The van der Waals surface area contributed by atoms with Crippen LogP contribution in [0.3, 0.4) is 0 Å². The standard InChI is InChI=1S/C21H30N4O4.ClH/c1-15-6-10-24(16-4-7-22-8-5-16)20(27)18(15)21(28)25-9-2-3-17(25)19(26)23-11-13-29-14-12-23;/h6,10,16-17,22H,2-5,7-9,11-14H2,1H3;1H/t17-;/m0./s1. The second-order valence-corrected chi connectivity index (χ2v) is 8.16. The van der Waals surface area contributed by atoms with E-state index in [1.807, 2.05) is 12.3 Å². The van der Waals surface area contributed by atoms with Gasteiger partial charge in [-0.1, -0.05) is 0 Å². The Hall–Kier alpha value is -1.90. The number of hydrogen-bond donors (Lipinski definition) is 1. The fourth-order valence-corrected chi connectivity index (χ4v) is 4.68. The zero-order valence-corrected chi connectivity index (χ0v) is 18.3. The number of aryl methyl sites for hydroxylation is 1. The topological polar surface area (TPSA) is 83.9 Å². The molecule has 0 aliphatic carbocycles. The maximum absolute atomic E-state index is 13.4. The van der Waals surface area contributed by atoms with Gasteiger partial charge in [0.25, 0.3) is 11.5 Å². The van der Waals surface area contributed by atoms with Crippen molar-refractivity contribution in [2.75, 3.05) is 45.9 Å². The van der Waals surface area contributed by atoms with Crippen LogP contribution in [0.25, 0.3) is 0 Å². The fourth-order valence-electron chi connectivity index (χ4n) is 4.68. The van der Waals surface area contributed by atoms with Gasteiger partial charge in [-0.05, 0) is 57.3 Å². The molecule has 3 saturated heterocycles. The zero-order valence-electron chi connectivity index (χ0n) is 17.5. The smallest absolute Gasteiger partial charge is 0.263 e. The molecule has 4 rings (SSSR count). The first kappa shape index (κ1) is 22.8. The number of morpholine rings is 1. The van der Waals surface area contributed by atoms with E-state index in [4.69, 9.17) is 4.74 Å². The Labute approximate surface area is 183 Å². The summed E-state index contributed by atoms with van der Waals surface area (Å²) in [5, 5.41) is 3.31. The highest BCUT2D eigenvalue weighted by atomic mass is 35.5. The third kappa shape index (κ3) is 4.40. The monoisotopic (exact) mass is 438 g/mol. The molecule has 0 radical (unpaired) electrons. The number of nitrogens with one attached hydrogen (secondary N) is 1. The van der Waals surface area contributed by atoms with E-state index in [0.717, 1.165) is 32.4 Å². The van der Waals surface area contributed by atoms with E-state index in [1.54, 1.807) is 21.3 Å². The number of piperidine rings is 1. The van der Waals surface area contributed by atoms with Crippen molar-refractivity contribution in [3.05, 3.63) is 33.7 Å². The lowest BCUT2D eigenvalue weighted by Gasteiger charge is -2.33. The van der Waals surface area contributed by atoms with Crippen molar-refractivity contribution >= 4 is 24.2 Å². The largest absolute Gasteiger partial charge is 0.378 e. The lowest BCUT2D eigenvalue weighted by molar-refractivity contribution is -0.139. The highest BCUT2D eigenvalue weighted by Gasteiger charge is 2.38. The molecular formula is C21H31ClN4O4. The minimum Gasteiger partial charge on any atom is -0.378 e. The van der Waals surface area contributed by atoms with E-state index < -0.39 is 6.04 Å². The molecule has 0 spiro atoms. The average Bonchev–Trinajstić information content (AvgIpc) is 3.24. The van der Waals surface area contributed by atoms with Crippen molar-refractivity contribution in [3.8, 4) is 0 Å². The second kappa shape index (κ2) is 9.94. The van der Waals surface area contributed by atoms with Crippen LogP contribution in [-0.2, 0) is 9.53 Å². The van der Waals surface area contributed by atoms with Crippen LogP contribution in [-0.4, -0.2) is 78.2 Å². The van der Waals surface area contributed by atoms with Gasteiger partial charge in [0.1, 0.15) is 11.6 Å². The Morgan fingerprint density at radius 3 is 2.50 bits per heavy atom. The van der Waals surface area contributed by atoms with Crippen LogP contribution >= 0.6 is 12.4 Å². The van der Waals surface area contributed by atoms with E-state index in [2.05, 4.69) is 5.32 Å². The first-order valence-electron chi connectivity index (χ1n) is 10.7. The number of carbonyl (C=O) groups is 2. The van der Waals surface area contributed by atoms with Crippen molar-refractivity contribution in [2.45, 2.75) is 44.7 Å². The predicted octanol–water partition coefficient (Wildman–Crippen LogP) is 0.966. The summed E-state index contributed by atoms with van der Waals surface area (Å²) in [5.41, 5.74) is 0.661. The first-order valence-corrected chi connectivity index (χ1v) is 10.7. The van der Waals surface area contributed by atoms with Crippen molar-refractivity contribution < 1.29 is 14.3 Å². The molecule has 1 aromatic rings. The molecule has 2 amide bonds. The van der Waals surface area contributed by atoms with Gasteiger partial charge in [-0.15, -0.1) is 12.4 Å². The Balaban J connectivity index is 0.00000256. The minimum atomic E-state index is -0.480. The number of carbonyl (C=O) groups excluding carboxylic acids is 2. The van der Waals surface area contributed by atoms with Gasteiger partial charge in [-0.3, -0.25) is 14.4 Å². The number of aromatic nitrogens is 1. The summed E-state index contributed by atoms with van der Waals surface area (Å²) >= 11 is 0. The van der Waals surface area contributed by atoms with Crippen molar-refractivity contribution in [2.24, 2.45) is 0 Å². The van der Waals surface area contributed by atoms with Crippen LogP contribution in [0.4, 0.5) is 0 Å². The highest BCUT2D eigenvalue weighted by molar-refractivity contribution is 5.98. The third-order valence-corrected chi connectivity index (χ3v) is 6.37. The fraction of sp³-hybridized carbons (Fsp3) is 0.667. The molecule has 1 N–H and O–H groups in total. The highest BCUT2D eigenvalue weighted by Crippen LogP contribution is 2.23. The Morgan fingerprint density at radius 2 is 1.80 bits per heavy atom. The van der Waals surface area contributed by atoms with Gasteiger partial charge in [0.05, 0.1) is 13.2 Å². The van der Waals surface area contributed by atoms with Gasteiger partial charge in [0.2, 0.25) is 5.91 Å². The molecule has 9 heteroatoms. The number of rotatable bonds is 3. The molecular weight excluding hydrogens is 408 g/mol. The van der Waals surface area contributed by atoms with Crippen LogP contribution in [0.1, 0.15) is 47.6 Å². The van der Waals surface area contributed by atoms with Crippen molar-refractivity contribution in [1.29, 1.82) is 0 Å². The Kier molecular flexibility index (Phi) is 7.55. The van der Waals surface area contributed by atoms with Gasteiger partial charge >= 0.3 is 0 Å². The third-order valence-electron chi connectivity index (χ3n) is 6.37. The van der Waals surface area contributed by atoms with Crippen LogP contribution < -0.4 is 10.9 Å². The van der Waals surface area contributed by atoms with E-state index in [0.29, 0.717) is 44.8 Å². The predicted molar refractivity (Wildman–Crippen MR) is 115 cm³/mol. The summed E-state index contributed by atoms with van der Waals surface area (Å²) in [4.78, 5) is 43.1. The van der Waals surface area contributed by atoms with Gasteiger partial charge in [-0.2, -0.15) is 0 Å². The number of pyridine rings is 1. The van der Waals surface area contributed by atoms with E-state index >= 15 is 0 Å². The van der Waals surface area contributed by atoms with Gasteiger partial charge in [-0.25, -0.2) is 0 Å². The maximum atomic E-state index is 13.4. The molecule has 1 aromatic heterocycles. The van der Waals surface area contributed by atoms with Gasteiger partial charge in [0, 0.05) is 31.9 Å². The summed E-state index contributed by atoms with van der Waals surface area (Å²) in [7, 11) is 0. The summed E-state index contributed by atoms with van der Waals surface area (Å²) < 4.78 is 7.05. The molecule has 0 bridgehead atoms. The maximum Gasteiger partial charge on any atom is 0.263 e. The summed E-state index contributed by atoms with van der Waals surface area (Å²) in [5.74, 6) is -0.327. The first-order chi connectivity index (χ1) is 14.1. The number of likely N-dealkylation sites (tertiary alicyclic amines) is 1. The summed E-state index contributed by atoms with van der Waals surface area (Å²) in [6.45, 7) is 6.24. The molecule has 0 unspecified atom stereocenters. The second-order valence-electron chi connectivity index (χ2n) is 8.16.